The molecule has 1 aromatic carbocycles. The van der Waals surface area contributed by atoms with Crippen LogP contribution in [0.2, 0.25) is 0 Å². The molecule has 3 heterocycles. The Morgan fingerprint density at radius 1 is 1.11 bits per heavy atom. The largest absolute Gasteiger partial charge is 0.470 e. The smallest absolute Gasteiger partial charge is 0.273 e. The van der Waals surface area contributed by atoms with Crippen molar-refractivity contribution in [2.24, 2.45) is 0 Å². The van der Waals surface area contributed by atoms with E-state index in [0.29, 0.717) is 30.5 Å². The van der Waals surface area contributed by atoms with Gasteiger partial charge in [-0.3, -0.25) is 9.78 Å². The molecule has 0 bridgehead atoms. The van der Waals surface area contributed by atoms with Crippen molar-refractivity contribution in [1.29, 1.82) is 0 Å². The van der Waals surface area contributed by atoms with Crippen LogP contribution in [0.3, 0.4) is 0 Å². The fourth-order valence-corrected chi connectivity index (χ4v) is 3.52. The lowest BCUT2D eigenvalue weighted by atomic mass is 10.1. The van der Waals surface area contributed by atoms with Crippen molar-refractivity contribution < 1.29 is 9.53 Å². The van der Waals surface area contributed by atoms with Crippen LogP contribution in [0.25, 0.3) is 10.8 Å². The standard InChI is InChI=1S/C21H23N5O2/c1-25(2)19-20(24-12-11-23-19)28-16-7-5-13-26(14-16)21(27)18-17-8-4-3-6-15(17)9-10-22-18/h3-4,6,8-12,16H,5,7,13-14H2,1-2H3/t16-/m1/s1. The van der Waals surface area contributed by atoms with Gasteiger partial charge in [-0.1, -0.05) is 24.3 Å². The fourth-order valence-electron chi connectivity index (χ4n) is 3.52. The number of aromatic nitrogens is 3. The lowest BCUT2D eigenvalue weighted by molar-refractivity contribution is 0.0525. The van der Waals surface area contributed by atoms with Crippen LogP contribution in [-0.4, -0.2) is 59.0 Å². The van der Waals surface area contributed by atoms with Crippen molar-refractivity contribution in [3.8, 4) is 5.88 Å². The number of hydrogen-bond donors (Lipinski definition) is 0. The Kier molecular flexibility index (Phi) is 5.06. The Balaban J connectivity index is 1.53. The zero-order valence-electron chi connectivity index (χ0n) is 16.1. The average Bonchev–Trinajstić information content (AvgIpc) is 2.73. The van der Waals surface area contributed by atoms with Gasteiger partial charge in [0.2, 0.25) is 0 Å². The molecule has 144 valence electrons. The number of carbonyl (C=O) groups excluding carboxylic acids is 1. The first-order chi connectivity index (χ1) is 13.6. The molecule has 7 heteroatoms. The summed E-state index contributed by atoms with van der Waals surface area (Å²) in [6.45, 7) is 1.21. The molecule has 0 radical (unpaired) electrons. The number of anilines is 1. The zero-order valence-corrected chi connectivity index (χ0v) is 16.1. The molecule has 0 aliphatic carbocycles. The van der Waals surface area contributed by atoms with Crippen LogP contribution in [-0.2, 0) is 0 Å². The molecule has 0 saturated carbocycles. The van der Waals surface area contributed by atoms with Gasteiger partial charge >= 0.3 is 0 Å². The van der Waals surface area contributed by atoms with Gasteiger partial charge in [-0.25, -0.2) is 9.97 Å². The van der Waals surface area contributed by atoms with E-state index in [2.05, 4.69) is 15.0 Å². The summed E-state index contributed by atoms with van der Waals surface area (Å²) in [5, 5.41) is 1.89. The lowest BCUT2D eigenvalue weighted by Gasteiger charge is -2.33. The summed E-state index contributed by atoms with van der Waals surface area (Å²) in [5.41, 5.74) is 0.493. The van der Waals surface area contributed by atoms with Gasteiger partial charge < -0.3 is 14.5 Å². The third kappa shape index (κ3) is 3.60. The second-order valence-electron chi connectivity index (χ2n) is 7.09. The quantitative estimate of drug-likeness (QED) is 0.696. The van der Waals surface area contributed by atoms with Crippen molar-refractivity contribution >= 4 is 22.5 Å². The van der Waals surface area contributed by atoms with E-state index in [4.69, 9.17) is 4.74 Å². The fraction of sp³-hybridized carbons (Fsp3) is 0.333. The molecule has 1 aliphatic heterocycles. The molecule has 2 aromatic heterocycles. The van der Waals surface area contributed by atoms with Gasteiger partial charge in [0.25, 0.3) is 11.8 Å². The van der Waals surface area contributed by atoms with Crippen molar-refractivity contribution in [3.05, 3.63) is 54.6 Å². The van der Waals surface area contributed by atoms with Gasteiger partial charge in [0, 0.05) is 44.6 Å². The summed E-state index contributed by atoms with van der Waals surface area (Å²) in [5.74, 6) is 1.12. The Bertz CT molecular complexity index is 986. The highest BCUT2D eigenvalue weighted by Gasteiger charge is 2.28. The minimum Gasteiger partial charge on any atom is -0.470 e. The van der Waals surface area contributed by atoms with Crippen LogP contribution in [0, 0.1) is 0 Å². The normalized spacial score (nSPS) is 16.8. The average molecular weight is 377 g/mol. The Morgan fingerprint density at radius 3 is 2.79 bits per heavy atom. The second kappa shape index (κ2) is 7.80. The van der Waals surface area contributed by atoms with E-state index in [1.807, 2.05) is 54.2 Å². The van der Waals surface area contributed by atoms with Crippen LogP contribution < -0.4 is 9.64 Å². The second-order valence-corrected chi connectivity index (χ2v) is 7.09. The summed E-state index contributed by atoms with van der Waals surface area (Å²) in [6.07, 6.45) is 6.58. The first-order valence-corrected chi connectivity index (χ1v) is 9.41. The zero-order chi connectivity index (χ0) is 19.5. The number of benzene rings is 1. The van der Waals surface area contributed by atoms with E-state index in [-0.39, 0.29) is 12.0 Å². The number of fused-ring (bicyclic) bond motifs is 1. The molecule has 1 atom stereocenters. The Labute approximate surface area is 164 Å². The van der Waals surface area contributed by atoms with Crippen LogP contribution in [0.1, 0.15) is 23.3 Å². The number of rotatable bonds is 4. The van der Waals surface area contributed by atoms with Gasteiger partial charge in [0.1, 0.15) is 11.8 Å². The third-order valence-electron chi connectivity index (χ3n) is 4.89. The highest BCUT2D eigenvalue weighted by Crippen LogP contribution is 2.25. The monoisotopic (exact) mass is 377 g/mol. The number of nitrogens with zero attached hydrogens (tertiary/aromatic N) is 5. The summed E-state index contributed by atoms with van der Waals surface area (Å²) >= 11 is 0. The molecule has 1 fully saturated rings. The highest BCUT2D eigenvalue weighted by atomic mass is 16.5. The topological polar surface area (TPSA) is 71.5 Å². The Hall–Kier alpha value is -3.22. The molecule has 3 aromatic rings. The summed E-state index contributed by atoms with van der Waals surface area (Å²) < 4.78 is 6.12. The number of likely N-dealkylation sites (tertiary alicyclic amines) is 1. The highest BCUT2D eigenvalue weighted by molar-refractivity contribution is 6.05. The molecular formula is C21H23N5O2. The summed E-state index contributed by atoms with van der Waals surface area (Å²) in [6, 6.07) is 9.75. The van der Waals surface area contributed by atoms with Crippen molar-refractivity contribution in [1.82, 2.24) is 19.9 Å². The van der Waals surface area contributed by atoms with Crippen LogP contribution in [0.5, 0.6) is 5.88 Å². The number of amides is 1. The maximum absolute atomic E-state index is 13.2. The lowest BCUT2D eigenvalue weighted by Crippen LogP contribution is -2.44. The first kappa shape index (κ1) is 18.2. The van der Waals surface area contributed by atoms with Crippen LogP contribution in [0.15, 0.2) is 48.9 Å². The Morgan fingerprint density at radius 2 is 1.93 bits per heavy atom. The molecule has 28 heavy (non-hydrogen) atoms. The maximum atomic E-state index is 13.2. The van der Waals surface area contributed by atoms with E-state index >= 15 is 0 Å². The van der Waals surface area contributed by atoms with Crippen LogP contribution in [0.4, 0.5) is 5.82 Å². The molecule has 0 unspecified atom stereocenters. The molecule has 1 aliphatic rings. The minimum absolute atomic E-state index is 0.0583. The molecular weight excluding hydrogens is 354 g/mol. The molecule has 0 N–H and O–H groups in total. The van der Waals surface area contributed by atoms with Crippen molar-refractivity contribution in [2.45, 2.75) is 18.9 Å². The molecule has 4 rings (SSSR count). The first-order valence-electron chi connectivity index (χ1n) is 9.41. The van der Waals surface area contributed by atoms with Gasteiger partial charge in [-0.2, -0.15) is 0 Å². The number of carbonyl (C=O) groups is 1. The number of hydrogen-bond acceptors (Lipinski definition) is 6. The van der Waals surface area contributed by atoms with Crippen molar-refractivity contribution in [2.75, 3.05) is 32.1 Å². The molecule has 0 spiro atoms. The molecule has 7 nitrogen and oxygen atoms in total. The van der Waals surface area contributed by atoms with Gasteiger partial charge in [-0.05, 0) is 24.3 Å². The predicted molar refractivity (Wildman–Crippen MR) is 108 cm³/mol. The molecule has 1 amide bonds. The predicted octanol–water partition coefficient (Wildman–Crippen LogP) is 2.77. The maximum Gasteiger partial charge on any atom is 0.273 e. The SMILES string of the molecule is CN(C)c1nccnc1O[C@@H]1CCCN(C(=O)c2nccc3ccccc23)C1. The van der Waals surface area contributed by atoms with E-state index < -0.39 is 0 Å². The van der Waals surface area contributed by atoms with Crippen molar-refractivity contribution in [3.63, 3.8) is 0 Å². The number of ether oxygens (including phenoxy) is 1. The number of pyridine rings is 1. The van der Waals surface area contributed by atoms with E-state index in [0.717, 1.165) is 23.6 Å². The van der Waals surface area contributed by atoms with Crippen LogP contribution >= 0.6 is 0 Å². The van der Waals surface area contributed by atoms with E-state index in [9.17, 15) is 4.79 Å². The van der Waals surface area contributed by atoms with E-state index in [1.54, 1.807) is 18.6 Å². The van der Waals surface area contributed by atoms with Gasteiger partial charge in [0.15, 0.2) is 5.82 Å². The number of piperidine rings is 1. The van der Waals surface area contributed by atoms with Gasteiger partial charge in [0.05, 0.1) is 6.54 Å². The van der Waals surface area contributed by atoms with Gasteiger partial charge in [-0.15, -0.1) is 0 Å². The summed E-state index contributed by atoms with van der Waals surface area (Å²) in [4.78, 5) is 29.9. The van der Waals surface area contributed by atoms with E-state index in [1.165, 1.54) is 0 Å². The molecule has 1 saturated heterocycles. The summed E-state index contributed by atoms with van der Waals surface area (Å²) in [7, 11) is 3.81. The third-order valence-corrected chi connectivity index (χ3v) is 4.89. The minimum atomic E-state index is -0.122.